The number of aliphatic carboxylic acids is 1. The van der Waals surface area contributed by atoms with Gasteiger partial charge in [-0.3, -0.25) is 24.6 Å². The molecule has 1 atom stereocenters. The van der Waals surface area contributed by atoms with Crippen molar-refractivity contribution in [3.8, 4) is 0 Å². The molecule has 0 saturated carbocycles. The Morgan fingerprint density at radius 1 is 1.23 bits per heavy atom. The minimum absolute atomic E-state index is 0. The number of imide groups is 1. The summed E-state index contributed by atoms with van der Waals surface area (Å²) in [6.45, 7) is 1.57. The molecule has 0 aromatic carbocycles. The van der Waals surface area contributed by atoms with Gasteiger partial charge in [0.1, 0.15) is 6.04 Å². The van der Waals surface area contributed by atoms with E-state index in [0.29, 0.717) is 24.7 Å². The van der Waals surface area contributed by atoms with Crippen LogP contribution < -0.4 is 10.6 Å². The molecule has 3 N–H and O–H groups in total. The molecule has 10 heteroatoms. The quantitative estimate of drug-likeness (QED) is 0.623. The number of halogens is 1. The van der Waals surface area contributed by atoms with Gasteiger partial charge in [0.25, 0.3) is 0 Å². The van der Waals surface area contributed by atoms with Gasteiger partial charge in [0.05, 0.1) is 6.54 Å². The molecule has 3 heterocycles. The standard InChI is InChI=1S/C16H21N5O4.ClH/c22-13-2-1-12(15(25)20-13)19-16-17-7-11(8-18-16)10-3-5-21(6-4-10)9-14(23)24;/h7-8,10,12H,1-6,9H2,(H,23,24)(H,17,18,19)(H,20,22,25);1H. The van der Waals surface area contributed by atoms with Crippen LogP contribution in [0.15, 0.2) is 12.4 Å². The van der Waals surface area contributed by atoms with Crippen molar-refractivity contribution >= 4 is 36.1 Å². The lowest BCUT2D eigenvalue weighted by atomic mass is 9.91. The number of rotatable bonds is 5. The molecule has 1 aromatic rings. The van der Waals surface area contributed by atoms with Crippen molar-refractivity contribution < 1.29 is 19.5 Å². The number of nitrogens with one attached hydrogen (secondary N) is 2. The number of carbonyl (C=O) groups is 3. The van der Waals surface area contributed by atoms with Gasteiger partial charge in [-0.05, 0) is 43.8 Å². The molecular weight excluding hydrogens is 362 g/mol. The fourth-order valence-electron chi connectivity index (χ4n) is 3.23. The molecule has 9 nitrogen and oxygen atoms in total. The molecule has 1 aromatic heterocycles. The Bertz CT molecular complexity index is 661. The molecule has 142 valence electrons. The lowest BCUT2D eigenvalue weighted by Gasteiger charge is -2.30. The predicted molar refractivity (Wildman–Crippen MR) is 95.1 cm³/mol. The van der Waals surface area contributed by atoms with E-state index in [1.54, 1.807) is 12.4 Å². The van der Waals surface area contributed by atoms with Crippen LogP contribution in [0.25, 0.3) is 0 Å². The van der Waals surface area contributed by atoms with E-state index in [1.807, 2.05) is 4.90 Å². The van der Waals surface area contributed by atoms with Crippen LogP contribution in [0.4, 0.5) is 5.95 Å². The number of nitrogens with zero attached hydrogens (tertiary/aromatic N) is 3. The normalized spacial score (nSPS) is 21.6. The summed E-state index contributed by atoms with van der Waals surface area (Å²) in [5.74, 6) is -0.731. The molecule has 0 aliphatic carbocycles. The lowest BCUT2D eigenvalue weighted by Crippen LogP contribution is -2.47. The van der Waals surface area contributed by atoms with Gasteiger partial charge in [-0.25, -0.2) is 9.97 Å². The molecule has 2 saturated heterocycles. The summed E-state index contributed by atoms with van der Waals surface area (Å²) < 4.78 is 0. The monoisotopic (exact) mass is 383 g/mol. The molecule has 2 amide bonds. The predicted octanol–water partition coefficient (Wildman–Crippen LogP) is 0.380. The van der Waals surface area contributed by atoms with Crippen LogP contribution in [-0.4, -0.2) is 63.4 Å². The van der Waals surface area contributed by atoms with E-state index >= 15 is 0 Å². The zero-order valence-electron chi connectivity index (χ0n) is 14.2. The van der Waals surface area contributed by atoms with E-state index < -0.39 is 12.0 Å². The second-order valence-electron chi connectivity index (χ2n) is 6.43. The maximum Gasteiger partial charge on any atom is 0.317 e. The summed E-state index contributed by atoms with van der Waals surface area (Å²) in [5.41, 5.74) is 1.02. The van der Waals surface area contributed by atoms with E-state index in [2.05, 4.69) is 20.6 Å². The van der Waals surface area contributed by atoms with Crippen molar-refractivity contribution in [2.45, 2.75) is 37.6 Å². The smallest absolute Gasteiger partial charge is 0.317 e. The van der Waals surface area contributed by atoms with Gasteiger partial charge >= 0.3 is 5.97 Å². The average Bonchev–Trinajstić information content (AvgIpc) is 2.58. The largest absolute Gasteiger partial charge is 0.480 e. The first-order chi connectivity index (χ1) is 12.0. The fraction of sp³-hybridized carbons (Fsp3) is 0.562. The summed E-state index contributed by atoms with van der Waals surface area (Å²) in [6, 6.07) is -0.497. The van der Waals surface area contributed by atoms with Gasteiger partial charge in [-0.15, -0.1) is 12.4 Å². The second kappa shape index (κ2) is 8.91. The molecule has 2 aliphatic rings. The zero-order chi connectivity index (χ0) is 17.8. The number of aromatic nitrogens is 2. The zero-order valence-corrected chi connectivity index (χ0v) is 15.0. The molecule has 1 unspecified atom stereocenters. The molecule has 26 heavy (non-hydrogen) atoms. The summed E-state index contributed by atoms with van der Waals surface area (Å²) in [7, 11) is 0. The van der Waals surface area contributed by atoms with Crippen LogP contribution in [0.1, 0.15) is 37.2 Å². The summed E-state index contributed by atoms with van der Waals surface area (Å²) in [5, 5.41) is 14.1. The third-order valence-corrected chi connectivity index (χ3v) is 4.63. The van der Waals surface area contributed by atoms with Crippen LogP contribution in [0.2, 0.25) is 0 Å². The van der Waals surface area contributed by atoms with Gasteiger partial charge in [0.2, 0.25) is 17.8 Å². The van der Waals surface area contributed by atoms with Crippen molar-refractivity contribution in [2.75, 3.05) is 25.0 Å². The minimum atomic E-state index is -0.800. The maximum absolute atomic E-state index is 11.7. The number of anilines is 1. The number of carboxylic acids is 1. The molecule has 0 spiro atoms. The Morgan fingerprint density at radius 2 is 1.88 bits per heavy atom. The molecule has 3 rings (SSSR count). The molecule has 0 radical (unpaired) electrons. The van der Waals surface area contributed by atoms with Crippen molar-refractivity contribution in [2.24, 2.45) is 0 Å². The number of likely N-dealkylation sites (tertiary alicyclic amines) is 1. The molecule has 2 aliphatic heterocycles. The first-order valence-electron chi connectivity index (χ1n) is 8.37. The third-order valence-electron chi connectivity index (χ3n) is 4.63. The summed E-state index contributed by atoms with van der Waals surface area (Å²) in [4.78, 5) is 44.1. The third kappa shape index (κ3) is 5.12. The first-order valence-corrected chi connectivity index (χ1v) is 8.37. The van der Waals surface area contributed by atoms with Gasteiger partial charge in [0, 0.05) is 18.8 Å². The second-order valence-corrected chi connectivity index (χ2v) is 6.43. The maximum atomic E-state index is 11.7. The first kappa shape index (κ1) is 20.1. The fourth-order valence-corrected chi connectivity index (χ4v) is 3.23. The topological polar surface area (TPSA) is 125 Å². The SMILES string of the molecule is Cl.O=C(O)CN1CCC(c2cnc(NC3CCC(=O)NC3=O)nc2)CC1. The highest BCUT2D eigenvalue weighted by Crippen LogP contribution is 2.27. The Kier molecular flexibility index (Phi) is 6.87. The molecule has 0 bridgehead atoms. The van der Waals surface area contributed by atoms with Crippen LogP contribution in [0, 0.1) is 0 Å². The minimum Gasteiger partial charge on any atom is -0.480 e. The highest BCUT2D eigenvalue weighted by Gasteiger charge is 2.27. The van der Waals surface area contributed by atoms with Crippen molar-refractivity contribution in [3.05, 3.63) is 18.0 Å². The highest BCUT2D eigenvalue weighted by molar-refractivity contribution is 6.01. The van der Waals surface area contributed by atoms with E-state index in [4.69, 9.17) is 5.11 Å². The van der Waals surface area contributed by atoms with Crippen LogP contribution >= 0.6 is 12.4 Å². The van der Waals surface area contributed by atoms with Crippen LogP contribution in [0.5, 0.6) is 0 Å². The average molecular weight is 384 g/mol. The van der Waals surface area contributed by atoms with Crippen molar-refractivity contribution in [1.29, 1.82) is 0 Å². The van der Waals surface area contributed by atoms with Crippen molar-refractivity contribution in [3.63, 3.8) is 0 Å². The van der Waals surface area contributed by atoms with Gasteiger partial charge in [0.15, 0.2) is 0 Å². The lowest BCUT2D eigenvalue weighted by molar-refractivity contribution is -0.138. The van der Waals surface area contributed by atoms with E-state index in [1.165, 1.54) is 0 Å². The number of hydrogen-bond acceptors (Lipinski definition) is 7. The number of amides is 2. The number of carboxylic acid groups (broad SMARTS) is 1. The molecular formula is C16H22ClN5O4. The van der Waals surface area contributed by atoms with Gasteiger partial charge in [-0.2, -0.15) is 0 Å². The van der Waals surface area contributed by atoms with Crippen LogP contribution in [0.3, 0.4) is 0 Å². The van der Waals surface area contributed by atoms with E-state index in [0.717, 1.165) is 31.5 Å². The Morgan fingerprint density at radius 3 is 2.46 bits per heavy atom. The Balaban J connectivity index is 0.00000243. The van der Waals surface area contributed by atoms with Crippen LogP contribution in [-0.2, 0) is 14.4 Å². The van der Waals surface area contributed by atoms with E-state index in [-0.39, 0.29) is 30.8 Å². The molecule has 2 fully saturated rings. The Hall–Kier alpha value is -2.26. The number of piperidine rings is 2. The Labute approximate surface area is 157 Å². The summed E-state index contributed by atoms with van der Waals surface area (Å²) in [6.07, 6.45) is 5.97. The van der Waals surface area contributed by atoms with E-state index in [9.17, 15) is 14.4 Å². The van der Waals surface area contributed by atoms with Gasteiger partial charge in [-0.1, -0.05) is 0 Å². The summed E-state index contributed by atoms with van der Waals surface area (Å²) >= 11 is 0. The number of hydrogen-bond donors (Lipinski definition) is 3. The highest BCUT2D eigenvalue weighted by atomic mass is 35.5. The van der Waals surface area contributed by atoms with Gasteiger partial charge < -0.3 is 10.4 Å². The number of carbonyl (C=O) groups excluding carboxylic acids is 2. The van der Waals surface area contributed by atoms with Crippen molar-refractivity contribution in [1.82, 2.24) is 20.2 Å².